The normalized spacial score (nSPS) is 23.5. The maximum atomic E-state index is 15.1. The Morgan fingerprint density at radius 2 is 1.60 bits per heavy atom. The van der Waals surface area contributed by atoms with Crippen LogP contribution in [0.2, 0.25) is 0 Å². The number of nitrogens with zero attached hydrogens (tertiary/aromatic N) is 2. The molecule has 0 fully saturated rings. The molecule has 4 aromatic carbocycles. The van der Waals surface area contributed by atoms with Crippen LogP contribution in [-0.2, 0) is 49.5 Å². The zero-order valence-electron chi connectivity index (χ0n) is 57.5. The van der Waals surface area contributed by atoms with Crippen molar-refractivity contribution in [1.82, 2.24) is 20.9 Å². The molecule has 0 radical (unpaired) electrons. The molecule has 526 valence electrons. The van der Waals surface area contributed by atoms with Crippen molar-refractivity contribution in [1.29, 1.82) is 0 Å². The number of phenols is 1. The van der Waals surface area contributed by atoms with Gasteiger partial charge in [0.25, 0.3) is 5.91 Å². The number of rotatable bonds is 22. The quantitative estimate of drug-likeness (QED) is 0.0131. The fraction of sp³-hybridized carbons (Fsp3) is 0.500. The van der Waals surface area contributed by atoms with Crippen LogP contribution < -0.4 is 57.9 Å². The Bertz CT molecular complexity index is 4040. The monoisotopic (exact) mass is 1350 g/mol. The molecule has 2 aliphatic heterocycles. The molecular weight excluding hydrogens is 1260 g/mol. The number of carbonyl (C=O) groups excluding carboxylic acids is 6. The maximum absolute atomic E-state index is 15.1. The fourth-order valence-corrected chi connectivity index (χ4v) is 12.0. The highest BCUT2D eigenvalue weighted by molar-refractivity contribution is 6.17. The summed E-state index contributed by atoms with van der Waals surface area (Å²) in [5.74, 6) is -9.22. The lowest BCUT2D eigenvalue weighted by molar-refractivity contribution is -0.903. The molecule has 11 atom stereocenters. The van der Waals surface area contributed by atoms with Crippen molar-refractivity contribution in [2.75, 3.05) is 64.7 Å². The molecule has 0 saturated carbocycles. The van der Waals surface area contributed by atoms with Crippen LogP contribution in [-0.4, -0.2) is 162 Å². The Labute approximate surface area is 562 Å². The van der Waals surface area contributed by atoms with Crippen molar-refractivity contribution >= 4 is 85.7 Å². The number of likely N-dealkylation sites (N-methyl/N-ethyl adjacent to an activating group) is 1. The number of hydrogen-bond acceptors (Lipinski definition) is 20. The second-order valence-corrected chi connectivity index (χ2v) is 26.1. The lowest BCUT2D eigenvalue weighted by atomic mass is 9.78. The molecular formula is C70H93N8O19+. The number of aliphatic hydroxyl groups excluding tert-OH is 3. The SMILES string of the molecule is CCOCCC(=O)N[C@H](C(=O)N[C@@H](CCCNC(N)=O)C(=O)Nc1ccc(C[N+](C)(C)CCOc2cc(=O)c3nc4c(oc3c2)c2c(=O)c3c(O)c(C)c5c(c34)=C(O)[C@@](C)(O/C=C/[C@H](OC)[C@@H](C)[C@@H](OC(C)=O)[C@H](C)[C@H](O)[C@H](C)[C@@H](O)[C@@H](C)/C=C/C=C(/C)C(=O)N2)O5)cc1)C(C)C. The molecule has 6 amide bonds. The number of methoxy groups -OCH3 is 1. The number of allylic oxidation sites excluding steroid dienone is 2. The van der Waals surface area contributed by atoms with Gasteiger partial charge in [0, 0.05) is 104 Å². The van der Waals surface area contributed by atoms with Crippen molar-refractivity contribution in [3.63, 3.8) is 0 Å². The molecule has 5 bridgehead atoms. The summed E-state index contributed by atoms with van der Waals surface area (Å²) < 4.78 is 42.5. The van der Waals surface area contributed by atoms with Gasteiger partial charge in [-0.05, 0) is 57.7 Å². The Morgan fingerprint density at radius 1 is 0.897 bits per heavy atom. The zero-order chi connectivity index (χ0) is 71.5. The van der Waals surface area contributed by atoms with Crippen LogP contribution in [0.4, 0.5) is 16.2 Å². The first-order chi connectivity index (χ1) is 45.7. The van der Waals surface area contributed by atoms with E-state index in [2.05, 4.69) is 26.6 Å². The number of nitrogens with two attached hydrogens (primary N) is 1. The van der Waals surface area contributed by atoms with Gasteiger partial charge in [-0.3, -0.25) is 33.6 Å². The lowest BCUT2D eigenvalue weighted by Gasteiger charge is -2.38. The lowest BCUT2D eigenvalue weighted by Crippen LogP contribution is -2.54. The van der Waals surface area contributed by atoms with E-state index in [0.717, 1.165) is 5.56 Å². The van der Waals surface area contributed by atoms with Crippen molar-refractivity contribution in [3.05, 3.63) is 109 Å². The maximum Gasteiger partial charge on any atom is 0.312 e. The molecule has 11 N–H and O–H groups in total. The fourth-order valence-electron chi connectivity index (χ4n) is 12.0. The number of amides is 6. The Balaban J connectivity index is 1.18. The predicted molar refractivity (Wildman–Crippen MR) is 363 cm³/mol. The molecule has 0 aliphatic carbocycles. The van der Waals surface area contributed by atoms with E-state index >= 15 is 4.79 Å². The Kier molecular flexibility index (Phi) is 25.0. The van der Waals surface area contributed by atoms with Gasteiger partial charge in [0.1, 0.15) is 66.3 Å². The molecule has 0 saturated heterocycles. The van der Waals surface area contributed by atoms with Crippen LogP contribution >= 0.6 is 0 Å². The number of aromatic nitrogens is 1. The van der Waals surface area contributed by atoms with Gasteiger partial charge in [-0.25, -0.2) is 9.78 Å². The number of aromatic hydroxyl groups is 1. The highest BCUT2D eigenvalue weighted by Gasteiger charge is 2.45. The second-order valence-electron chi connectivity index (χ2n) is 26.1. The summed E-state index contributed by atoms with van der Waals surface area (Å²) in [6, 6.07) is 7.00. The van der Waals surface area contributed by atoms with Gasteiger partial charge in [-0.2, -0.15) is 0 Å². The second kappa shape index (κ2) is 32.3. The van der Waals surface area contributed by atoms with Crippen LogP contribution in [0.15, 0.2) is 86.5 Å². The number of esters is 1. The molecule has 97 heavy (non-hydrogen) atoms. The molecule has 7 rings (SSSR count). The summed E-state index contributed by atoms with van der Waals surface area (Å²) in [5, 5.41) is 60.4. The largest absolute Gasteiger partial charge is 0.507 e. The molecule has 2 aliphatic rings. The van der Waals surface area contributed by atoms with Crippen molar-refractivity contribution in [3.8, 4) is 17.2 Å². The van der Waals surface area contributed by atoms with Crippen LogP contribution in [0.5, 0.6) is 17.2 Å². The first-order valence-electron chi connectivity index (χ1n) is 32.4. The number of phenolic OH excluding ortho intramolecular Hbond substituents is 1. The van der Waals surface area contributed by atoms with E-state index in [1.54, 1.807) is 66.7 Å². The van der Waals surface area contributed by atoms with Gasteiger partial charge in [-0.1, -0.05) is 71.9 Å². The third-order valence-corrected chi connectivity index (χ3v) is 17.8. The summed E-state index contributed by atoms with van der Waals surface area (Å²) >= 11 is 0. The highest BCUT2D eigenvalue weighted by atomic mass is 16.7. The number of anilines is 2. The number of carbonyl (C=O) groups is 6. The van der Waals surface area contributed by atoms with E-state index in [0.29, 0.717) is 36.3 Å². The molecule has 0 spiro atoms. The third kappa shape index (κ3) is 17.9. The summed E-state index contributed by atoms with van der Waals surface area (Å²) in [7, 11) is 5.35. The van der Waals surface area contributed by atoms with E-state index in [9.17, 15) is 54.0 Å². The van der Waals surface area contributed by atoms with Crippen molar-refractivity contribution in [2.24, 2.45) is 35.3 Å². The van der Waals surface area contributed by atoms with E-state index in [1.165, 1.54) is 71.4 Å². The molecule has 5 aromatic rings. The van der Waals surface area contributed by atoms with Crippen molar-refractivity contribution in [2.45, 2.75) is 144 Å². The van der Waals surface area contributed by atoms with Crippen LogP contribution in [0.3, 0.4) is 0 Å². The summed E-state index contributed by atoms with van der Waals surface area (Å²) in [6.45, 7) is 19.4. The number of primary amides is 1. The number of quaternary nitrogens is 1. The van der Waals surface area contributed by atoms with E-state index in [1.807, 2.05) is 26.2 Å². The van der Waals surface area contributed by atoms with Gasteiger partial charge in [-0.15, -0.1) is 0 Å². The number of urea groups is 1. The number of nitrogens with one attached hydrogen (secondary N) is 5. The Morgan fingerprint density at radius 3 is 2.25 bits per heavy atom. The summed E-state index contributed by atoms with van der Waals surface area (Å²) in [5.41, 5.74) is 3.53. The average molecular weight is 1350 g/mol. The number of hydrogen-bond donors (Lipinski definition) is 10. The topological polar surface area (TPSA) is 385 Å². The predicted octanol–water partition coefficient (Wildman–Crippen LogP) is 5.65. The van der Waals surface area contributed by atoms with Crippen LogP contribution in [0.25, 0.3) is 38.7 Å². The van der Waals surface area contributed by atoms with Crippen LogP contribution in [0, 0.1) is 36.5 Å². The zero-order valence-corrected chi connectivity index (χ0v) is 57.5. The standard InChI is InChI=1S/C70H92N8O19/c1-15-92-29-26-50(81)75-54(35(2)3)68(89)74-46(20-17-27-72-69(71)90)67(88)73-44-23-21-43(22-24-44)34-78(12,13)28-31-93-45-32-47(80)55-49(33-45)96-64-56(76-55)51-52-60(84)41(9)63-53(51)65(86)70(11,97-63)94-30-25-48(91-14)38(6)62(95-42(10)79)40(8)59(83)39(7)58(82)36(4)18-16-19-37(5)66(87)77-57(64)61(52)85/h16,18-19,21-25,30,32-33,35-36,38-40,46,48,54,58-59,62,82-83H,15,17,20,26-29,31,34H2,1-14H3,(H8-,71,72,73,74,75,76,77,80,81,84,85,86,87,88,89,90)/p+1/b18-16+,30-25+,37-19-/t36-,38+,39+,40+,46-,48-,54-,58-,59+,62+,70-/m0/s1. The minimum atomic E-state index is -2.06. The molecule has 0 unspecified atom stereocenters. The van der Waals surface area contributed by atoms with Gasteiger partial charge < -0.3 is 90.1 Å². The summed E-state index contributed by atoms with van der Waals surface area (Å²) in [4.78, 5) is 112. The smallest absolute Gasteiger partial charge is 0.312 e. The minimum absolute atomic E-state index is 0.00338. The third-order valence-electron chi connectivity index (χ3n) is 17.8. The Hall–Kier alpha value is -9.15. The highest BCUT2D eigenvalue weighted by Crippen LogP contribution is 2.42. The number of fused-ring (bicyclic) bond motifs is 5. The first-order valence-corrected chi connectivity index (χ1v) is 32.4. The number of benzene rings is 4. The molecule has 3 heterocycles. The van der Waals surface area contributed by atoms with Gasteiger partial charge in [0.15, 0.2) is 22.4 Å². The van der Waals surface area contributed by atoms with Gasteiger partial charge in [0.05, 0.1) is 55.9 Å². The minimum Gasteiger partial charge on any atom is -0.507 e. The van der Waals surface area contributed by atoms with E-state index < -0.39 is 129 Å². The molecule has 1 aromatic heterocycles. The van der Waals surface area contributed by atoms with E-state index in [4.69, 9.17) is 43.6 Å². The molecule has 27 nitrogen and oxygen atoms in total. The van der Waals surface area contributed by atoms with Gasteiger partial charge >= 0.3 is 17.8 Å². The van der Waals surface area contributed by atoms with E-state index in [-0.39, 0.29) is 99.9 Å². The van der Waals surface area contributed by atoms with Crippen molar-refractivity contribution < 1.29 is 86.5 Å². The number of ether oxygens (including phenoxy) is 6. The van der Waals surface area contributed by atoms with Gasteiger partial charge in [0.2, 0.25) is 28.6 Å². The summed E-state index contributed by atoms with van der Waals surface area (Å²) in [6.07, 6.45) is 3.66. The number of aliphatic hydroxyl groups is 3. The first kappa shape index (κ1) is 75.2. The van der Waals surface area contributed by atoms with Crippen LogP contribution in [0.1, 0.15) is 99.6 Å². The average Bonchev–Trinajstić information content (AvgIpc) is 1.66. The molecule has 27 heteroatoms.